The van der Waals surface area contributed by atoms with Crippen molar-refractivity contribution < 1.29 is 4.79 Å². The highest BCUT2D eigenvalue weighted by Gasteiger charge is 2.06. The van der Waals surface area contributed by atoms with Gasteiger partial charge >= 0.3 is 0 Å². The lowest BCUT2D eigenvalue weighted by Crippen LogP contribution is -2.04. The maximum Gasteiger partial charge on any atom is 0.137 e. The maximum absolute atomic E-state index is 11.7. The molecule has 0 atom stereocenters. The molecule has 0 bridgehead atoms. The van der Waals surface area contributed by atoms with Crippen molar-refractivity contribution in [1.82, 2.24) is 0 Å². The third-order valence-electron chi connectivity index (χ3n) is 2.72. The molecule has 0 amide bonds. The molecule has 1 heteroatoms. The van der Waals surface area contributed by atoms with E-state index in [0.29, 0.717) is 18.6 Å². The van der Waals surface area contributed by atoms with E-state index in [-0.39, 0.29) is 0 Å². The van der Waals surface area contributed by atoms with Crippen molar-refractivity contribution >= 4 is 5.78 Å². The van der Waals surface area contributed by atoms with Crippen molar-refractivity contribution in [2.75, 3.05) is 0 Å². The molecule has 0 aliphatic rings. The summed E-state index contributed by atoms with van der Waals surface area (Å²) in [7, 11) is 0. The number of hydrogen-bond donors (Lipinski definition) is 0. The van der Waals surface area contributed by atoms with Crippen LogP contribution < -0.4 is 0 Å². The summed E-state index contributed by atoms with van der Waals surface area (Å²) in [6, 6.07) is 6.27. The van der Waals surface area contributed by atoms with Crippen LogP contribution in [0.15, 0.2) is 30.4 Å². The first kappa shape index (κ1) is 12.7. The first-order valence-electron chi connectivity index (χ1n) is 5.71. The number of carbonyl (C=O) groups is 1. The lowest BCUT2D eigenvalue weighted by molar-refractivity contribution is -0.118. The first-order valence-corrected chi connectivity index (χ1v) is 5.71. The molecule has 0 radical (unpaired) electrons. The predicted molar refractivity (Wildman–Crippen MR) is 68.7 cm³/mol. The van der Waals surface area contributed by atoms with Gasteiger partial charge in [-0.2, -0.15) is 0 Å². The van der Waals surface area contributed by atoms with Crippen LogP contribution in [-0.2, 0) is 11.2 Å². The minimum atomic E-state index is 0.302. The molecule has 0 heterocycles. The van der Waals surface area contributed by atoms with Crippen LogP contribution in [0.25, 0.3) is 0 Å². The van der Waals surface area contributed by atoms with E-state index in [9.17, 15) is 4.79 Å². The van der Waals surface area contributed by atoms with E-state index >= 15 is 0 Å². The third-order valence-corrected chi connectivity index (χ3v) is 2.72. The zero-order chi connectivity index (χ0) is 12.1. The Labute approximate surface area is 98.2 Å². The maximum atomic E-state index is 11.7. The van der Waals surface area contributed by atoms with Gasteiger partial charge in [-0.05, 0) is 38.3 Å². The summed E-state index contributed by atoms with van der Waals surface area (Å²) in [4.78, 5) is 11.7. The van der Waals surface area contributed by atoms with Crippen LogP contribution in [0.5, 0.6) is 0 Å². The first-order chi connectivity index (χ1) is 7.49. The van der Waals surface area contributed by atoms with E-state index in [1.807, 2.05) is 6.92 Å². The van der Waals surface area contributed by atoms with Gasteiger partial charge in [-0.15, -0.1) is 6.58 Å². The van der Waals surface area contributed by atoms with E-state index in [4.69, 9.17) is 0 Å². The topological polar surface area (TPSA) is 17.1 Å². The van der Waals surface area contributed by atoms with Crippen molar-refractivity contribution in [3.63, 3.8) is 0 Å². The molecule has 16 heavy (non-hydrogen) atoms. The molecule has 0 fully saturated rings. The summed E-state index contributed by atoms with van der Waals surface area (Å²) in [6.07, 6.45) is 1.98. The number of Topliss-reactive ketones (excluding diaryl/α,β-unsaturated/α-hetero) is 1. The molecular weight excluding hydrogens is 196 g/mol. The number of ketones is 1. The Morgan fingerprint density at radius 2 is 1.94 bits per heavy atom. The molecule has 0 saturated carbocycles. The number of carbonyl (C=O) groups excluding carboxylic acids is 1. The largest absolute Gasteiger partial charge is 0.299 e. The molecule has 0 N–H and O–H groups in total. The standard InChI is InChI=1S/C15H20O/c1-11(2)5-8-15(16)10-14-9-12(3)6-7-13(14)4/h6-7,9H,1,5,8,10H2,2-4H3. The molecular formula is C15H20O. The van der Waals surface area contributed by atoms with Crippen molar-refractivity contribution in [2.45, 2.75) is 40.0 Å². The highest BCUT2D eigenvalue weighted by molar-refractivity contribution is 5.81. The molecule has 0 aromatic heterocycles. The lowest BCUT2D eigenvalue weighted by atomic mass is 9.98. The SMILES string of the molecule is C=C(C)CCC(=O)Cc1cc(C)ccc1C. The summed E-state index contributed by atoms with van der Waals surface area (Å²) >= 11 is 0. The Balaban J connectivity index is 2.62. The van der Waals surface area contributed by atoms with Gasteiger partial charge in [-0.25, -0.2) is 0 Å². The van der Waals surface area contributed by atoms with Gasteiger partial charge in [0.2, 0.25) is 0 Å². The monoisotopic (exact) mass is 216 g/mol. The van der Waals surface area contributed by atoms with E-state index in [2.05, 4.69) is 38.6 Å². The normalized spacial score (nSPS) is 10.2. The zero-order valence-electron chi connectivity index (χ0n) is 10.5. The van der Waals surface area contributed by atoms with Crippen molar-refractivity contribution in [2.24, 2.45) is 0 Å². The van der Waals surface area contributed by atoms with Gasteiger partial charge in [0, 0.05) is 12.8 Å². The van der Waals surface area contributed by atoms with Crippen LogP contribution in [0.1, 0.15) is 36.5 Å². The van der Waals surface area contributed by atoms with Gasteiger partial charge in [-0.1, -0.05) is 29.3 Å². The Morgan fingerprint density at radius 3 is 2.56 bits per heavy atom. The van der Waals surface area contributed by atoms with Gasteiger partial charge in [0.25, 0.3) is 0 Å². The third kappa shape index (κ3) is 4.01. The molecule has 0 aliphatic heterocycles. The summed E-state index contributed by atoms with van der Waals surface area (Å²) in [5.41, 5.74) is 4.66. The van der Waals surface area contributed by atoms with Crippen LogP contribution in [0, 0.1) is 13.8 Å². The highest BCUT2D eigenvalue weighted by Crippen LogP contribution is 2.13. The molecule has 1 nitrogen and oxygen atoms in total. The number of rotatable bonds is 5. The van der Waals surface area contributed by atoms with Crippen LogP contribution in [0.4, 0.5) is 0 Å². The minimum Gasteiger partial charge on any atom is -0.299 e. The van der Waals surface area contributed by atoms with Gasteiger partial charge < -0.3 is 0 Å². The fraction of sp³-hybridized carbons (Fsp3) is 0.400. The van der Waals surface area contributed by atoms with E-state index in [1.54, 1.807) is 0 Å². The Morgan fingerprint density at radius 1 is 1.25 bits per heavy atom. The predicted octanol–water partition coefficient (Wildman–Crippen LogP) is 3.77. The molecule has 0 saturated heterocycles. The van der Waals surface area contributed by atoms with Gasteiger partial charge in [0.15, 0.2) is 0 Å². The molecule has 1 aromatic carbocycles. The molecule has 0 unspecified atom stereocenters. The summed E-state index contributed by atoms with van der Waals surface area (Å²) in [5, 5.41) is 0. The van der Waals surface area contributed by atoms with E-state index in [0.717, 1.165) is 17.6 Å². The molecule has 0 aliphatic carbocycles. The lowest BCUT2D eigenvalue weighted by Gasteiger charge is -2.06. The van der Waals surface area contributed by atoms with E-state index in [1.165, 1.54) is 11.1 Å². The number of hydrogen-bond acceptors (Lipinski definition) is 1. The van der Waals surface area contributed by atoms with Gasteiger partial charge in [0.1, 0.15) is 5.78 Å². The quantitative estimate of drug-likeness (QED) is 0.685. The minimum absolute atomic E-state index is 0.302. The number of benzene rings is 1. The number of allylic oxidation sites excluding steroid dienone is 1. The van der Waals surface area contributed by atoms with Crippen LogP contribution in [-0.4, -0.2) is 5.78 Å². The van der Waals surface area contributed by atoms with Crippen LogP contribution in [0.2, 0.25) is 0 Å². The molecule has 0 spiro atoms. The van der Waals surface area contributed by atoms with Crippen LogP contribution in [0.3, 0.4) is 0 Å². The van der Waals surface area contributed by atoms with Gasteiger partial charge in [-0.3, -0.25) is 4.79 Å². The number of aryl methyl sites for hydroxylation is 2. The summed E-state index contributed by atoms with van der Waals surface area (Å²) in [6.45, 7) is 9.89. The van der Waals surface area contributed by atoms with Crippen molar-refractivity contribution in [1.29, 1.82) is 0 Å². The van der Waals surface area contributed by atoms with Crippen LogP contribution >= 0.6 is 0 Å². The average molecular weight is 216 g/mol. The second-order valence-corrected chi connectivity index (χ2v) is 4.60. The Kier molecular flexibility index (Phi) is 4.48. The second kappa shape index (κ2) is 5.64. The van der Waals surface area contributed by atoms with Crippen molar-refractivity contribution in [3.05, 3.63) is 47.0 Å². The molecule has 1 rings (SSSR count). The Hall–Kier alpha value is -1.37. The second-order valence-electron chi connectivity index (χ2n) is 4.60. The fourth-order valence-electron chi connectivity index (χ4n) is 1.64. The average Bonchev–Trinajstić information content (AvgIpc) is 2.20. The summed E-state index contributed by atoms with van der Waals surface area (Å²) in [5.74, 6) is 0.302. The molecule has 86 valence electrons. The molecule has 1 aromatic rings. The zero-order valence-corrected chi connectivity index (χ0v) is 10.5. The highest BCUT2D eigenvalue weighted by atomic mass is 16.1. The fourth-order valence-corrected chi connectivity index (χ4v) is 1.64. The van der Waals surface area contributed by atoms with Gasteiger partial charge in [0.05, 0.1) is 0 Å². The smallest absolute Gasteiger partial charge is 0.137 e. The summed E-state index contributed by atoms with van der Waals surface area (Å²) < 4.78 is 0. The van der Waals surface area contributed by atoms with Crippen molar-refractivity contribution in [3.8, 4) is 0 Å². The Bertz CT molecular complexity index is 402. The van der Waals surface area contributed by atoms with E-state index < -0.39 is 0 Å².